The van der Waals surface area contributed by atoms with Gasteiger partial charge in [0, 0.05) is 25.4 Å². The average Bonchev–Trinajstić information content (AvgIpc) is 2.36. The van der Waals surface area contributed by atoms with Gasteiger partial charge in [0.05, 0.1) is 6.54 Å². The van der Waals surface area contributed by atoms with Crippen molar-refractivity contribution in [3.63, 3.8) is 0 Å². The number of carbonyl (C=O) groups is 2. The van der Waals surface area contributed by atoms with Crippen molar-refractivity contribution in [1.82, 2.24) is 10.2 Å². The lowest BCUT2D eigenvalue weighted by Gasteiger charge is -2.14. The number of nitrogens with two attached hydrogens (primary N) is 1. The normalized spacial score (nSPS) is 10.4. The van der Waals surface area contributed by atoms with Gasteiger partial charge in [-0.15, -0.1) is 0 Å². The molecule has 0 spiro atoms. The lowest BCUT2D eigenvalue weighted by atomic mass is 10.2. The summed E-state index contributed by atoms with van der Waals surface area (Å²) in [5.41, 5.74) is 7.13. The number of anilines is 1. The first-order valence-electron chi connectivity index (χ1n) is 6.08. The number of hydrogen-bond acceptors (Lipinski definition) is 3. The minimum absolute atomic E-state index is 0.0495. The van der Waals surface area contributed by atoms with E-state index in [2.05, 4.69) is 5.32 Å². The highest BCUT2D eigenvalue weighted by molar-refractivity contribution is 5.94. The quantitative estimate of drug-likeness (QED) is 0.610. The Morgan fingerprint density at radius 1 is 1.42 bits per heavy atom. The smallest absolute Gasteiger partial charge is 0.246 e. The molecule has 0 heterocycles. The molecule has 0 bridgehead atoms. The van der Waals surface area contributed by atoms with Crippen molar-refractivity contribution in [2.45, 2.75) is 6.92 Å². The lowest BCUT2D eigenvalue weighted by molar-refractivity contribution is -0.131. The molecule has 0 aliphatic carbocycles. The van der Waals surface area contributed by atoms with Crippen molar-refractivity contribution in [3.05, 3.63) is 35.9 Å². The zero-order chi connectivity index (χ0) is 14.3. The zero-order valence-corrected chi connectivity index (χ0v) is 11.2. The Labute approximate surface area is 113 Å². The summed E-state index contributed by atoms with van der Waals surface area (Å²) in [6.45, 7) is 2.44. The third kappa shape index (κ3) is 5.25. The van der Waals surface area contributed by atoms with E-state index in [9.17, 15) is 9.59 Å². The molecule has 0 aliphatic heterocycles. The number of rotatable bonds is 5. The number of nitrogen functional groups attached to an aromatic ring is 1. The van der Waals surface area contributed by atoms with E-state index in [0.717, 1.165) is 5.56 Å². The Morgan fingerprint density at radius 3 is 2.79 bits per heavy atom. The largest absolute Gasteiger partial charge is 0.399 e. The second-order valence-corrected chi connectivity index (χ2v) is 4.15. The van der Waals surface area contributed by atoms with Crippen molar-refractivity contribution in [1.29, 1.82) is 0 Å². The van der Waals surface area contributed by atoms with Crippen molar-refractivity contribution in [2.24, 2.45) is 0 Å². The summed E-state index contributed by atoms with van der Waals surface area (Å²) in [7, 11) is 1.58. The van der Waals surface area contributed by atoms with E-state index in [-0.39, 0.29) is 18.4 Å². The van der Waals surface area contributed by atoms with Gasteiger partial charge < -0.3 is 16.0 Å². The summed E-state index contributed by atoms with van der Waals surface area (Å²) < 4.78 is 0. The molecular weight excluding hydrogens is 242 g/mol. The predicted octanol–water partition coefficient (Wildman–Crippen LogP) is 0.876. The van der Waals surface area contributed by atoms with Crippen LogP contribution in [-0.4, -0.2) is 36.9 Å². The molecular formula is C14H19N3O2. The molecule has 0 radical (unpaired) electrons. The van der Waals surface area contributed by atoms with Gasteiger partial charge in [-0.25, -0.2) is 0 Å². The minimum Gasteiger partial charge on any atom is -0.399 e. The van der Waals surface area contributed by atoms with E-state index < -0.39 is 0 Å². The van der Waals surface area contributed by atoms with E-state index in [4.69, 9.17) is 5.73 Å². The zero-order valence-electron chi connectivity index (χ0n) is 11.2. The molecule has 1 aromatic rings. The maximum Gasteiger partial charge on any atom is 0.246 e. The van der Waals surface area contributed by atoms with Crippen molar-refractivity contribution in [2.75, 3.05) is 25.9 Å². The van der Waals surface area contributed by atoms with Crippen LogP contribution < -0.4 is 11.1 Å². The van der Waals surface area contributed by atoms with Crippen molar-refractivity contribution >= 4 is 23.6 Å². The first-order valence-corrected chi connectivity index (χ1v) is 6.08. The molecule has 0 unspecified atom stereocenters. The highest BCUT2D eigenvalue weighted by Gasteiger charge is 2.09. The molecule has 2 amide bonds. The summed E-state index contributed by atoms with van der Waals surface area (Å²) in [5, 5.41) is 2.64. The topological polar surface area (TPSA) is 75.4 Å². The number of carbonyl (C=O) groups excluding carboxylic acids is 2. The SMILES string of the molecule is CCNC(=O)CN(C)C(=O)/C=C/c1cccc(N)c1. The average molecular weight is 261 g/mol. The molecule has 3 N–H and O–H groups in total. The maximum absolute atomic E-state index is 11.8. The van der Waals surface area contributed by atoms with Gasteiger partial charge in [-0.05, 0) is 30.7 Å². The summed E-state index contributed by atoms with van der Waals surface area (Å²) >= 11 is 0. The second-order valence-electron chi connectivity index (χ2n) is 4.15. The third-order valence-corrected chi connectivity index (χ3v) is 2.46. The number of amides is 2. The Hall–Kier alpha value is -2.30. The summed E-state index contributed by atoms with van der Waals surface area (Å²) in [6, 6.07) is 7.22. The fourth-order valence-electron chi connectivity index (χ4n) is 1.50. The molecule has 0 fully saturated rings. The predicted molar refractivity (Wildman–Crippen MR) is 76.2 cm³/mol. The molecule has 0 aliphatic rings. The molecule has 0 saturated heterocycles. The van der Waals surface area contributed by atoms with E-state index >= 15 is 0 Å². The first-order chi connectivity index (χ1) is 9.02. The van der Waals surface area contributed by atoms with Crippen LogP contribution in [0.15, 0.2) is 30.3 Å². The maximum atomic E-state index is 11.8. The monoisotopic (exact) mass is 261 g/mol. The first kappa shape index (κ1) is 14.8. The fraction of sp³-hybridized carbons (Fsp3) is 0.286. The van der Waals surface area contributed by atoms with Gasteiger partial charge in [-0.1, -0.05) is 12.1 Å². The van der Waals surface area contributed by atoms with Crippen LogP contribution in [0.4, 0.5) is 5.69 Å². The highest BCUT2D eigenvalue weighted by Crippen LogP contribution is 2.08. The van der Waals surface area contributed by atoms with Gasteiger partial charge in [0.25, 0.3) is 0 Å². The fourth-order valence-corrected chi connectivity index (χ4v) is 1.50. The van der Waals surface area contributed by atoms with Crippen LogP contribution in [0.25, 0.3) is 6.08 Å². The minimum atomic E-state index is -0.228. The van der Waals surface area contributed by atoms with Gasteiger partial charge in [0.2, 0.25) is 11.8 Å². The van der Waals surface area contributed by atoms with Crippen LogP contribution in [0.5, 0.6) is 0 Å². The lowest BCUT2D eigenvalue weighted by Crippen LogP contribution is -2.37. The van der Waals surface area contributed by atoms with E-state index in [1.807, 2.05) is 19.1 Å². The van der Waals surface area contributed by atoms with Crippen LogP contribution in [0.1, 0.15) is 12.5 Å². The van der Waals surface area contributed by atoms with Crippen LogP contribution in [-0.2, 0) is 9.59 Å². The number of likely N-dealkylation sites (N-methyl/N-ethyl adjacent to an activating group) is 2. The van der Waals surface area contributed by atoms with Gasteiger partial charge in [0.15, 0.2) is 0 Å². The van der Waals surface area contributed by atoms with Crippen LogP contribution >= 0.6 is 0 Å². The second kappa shape index (κ2) is 7.20. The Kier molecular flexibility index (Phi) is 5.60. The highest BCUT2D eigenvalue weighted by atomic mass is 16.2. The van der Waals surface area contributed by atoms with E-state index in [1.165, 1.54) is 11.0 Å². The van der Waals surface area contributed by atoms with Crippen LogP contribution in [0.2, 0.25) is 0 Å². The molecule has 1 aromatic carbocycles. The molecule has 1 rings (SSSR count). The molecule has 0 saturated carbocycles. The molecule has 5 nitrogen and oxygen atoms in total. The Morgan fingerprint density at radius 2 is 2.16 bits per heavy atom. The molecule has 0 atom stereocenters. The van der Waals surface area contributed by atoms with E-state index in [1.54, 1.807) is 25.3 Å². The summed E-state index contributed by atoms with van der Waals surface area (Å²) in [6.07, 6.45) is 3.10. The van der Waals surface area contributed by atoms with Crippen molar-refractivity contribution < 1.29 is 9.59 Å². The number of benzene rings is 1. The number of nitrogens with zero attached hydrogens (tertiary/aromatic N) is 1. The standard InChI is InChI=1S/C14H19N3O2/c1-3-16-13(18)10-17(2)14(19)8-7-11-5-4-6-12(15)9-11/h4-9H,3,10,15H2,1-2H3,(H,16,18)/b8-7+. The number of hydrogen-bond donors (Lipinski definition) is 2. The van der Waals surface area contributed by atoms with Crippen LogP contribution in [0, 0.1) is 0 Å². The number of nitrogens with one attached hydrogen (secondary N) is 1. The van der Waals surface area contributed by atoms with Gasteiger partial charge >= 0.3 is 0 Å². The van der Waals surface area contributed by atoms with Gasteiger partial charge in [0.1, 0.15) is 0 Å². The summed E-state index contributed by atoms with van der Waals surface area (Å²) in [5.74, 6) is -0.399. The van der Waals surface area contributed by atoms with Crippen molar-refractivity contribution in [3.8, 4) is 0 Å². The van der Waals surface area contributed by atoms with E-state index in [0.29, 0.717) is 12.2 Å². The molecule has 102 valence electrons. The Bertz CT molecular complexity index is 483. The third-order valence-electron chi connectivity index (χ3n) is 2.46. The van der Waals surface area contributed by atoms with Gasteiger partial charge in [-0.2, -0.15) is 0 Å². The van der Waals surface area contributed by atoms with Crippen LogP contribution in [0.3, 0.4) is 0 Å². The summed E-state index contributed by atoms with van der Waals surface area (Å²) in [4.78, 5) is 24.5. The molecule has 19 heavy (non-hydrogen) atoms. The Balaban J connectivity index is 2.56. The molecule has 0 aromatic heterocycles. The molecule has 5 heteroatoms. The van der Waals surface area contributed by atoms with Gasteiger partial charge in [-0.3, -0.25) is 9.59 Å².